The van der Waals surface area contributed by atoms with Crippen LogP contribution >= 0.6 is 0 Å². The molecule has 0 bridgehead atoms. The summed E-state index contributed by atoms with van der Waals surface area (Å²) < 4.78 is 10.1. The Kier molecular flexibility index (Phi) is 8.02. The predicted molar refractivity (Wildman–Crippen MR) is 98.4 cm³/mol. The zero-order valence-corrected chi connectivity index (χ0v) is 16.8. The number of nitrogens with one attached hydrogen (secondary N) is 1. The van der Waals surface area contributed by atoms with Crippen LogP contribution in [-0.2, 0) is 14.3 Å². The number of ketones is 1. The molecule has 1 aromatic rings. The molecule has 0 aliphatic rings. The number of Topliss-reactive ketones (excluding diaryl/α,β-unsaturated/α-hetero) is 1. The van der Waals surface area contributed by atoms with Gasteiger partial charge in [0.05, 0.1) is 19.3 Å². The lowest BCUT2D eigenvalue weighted by Crippen LogP contribution is -2.46. The van der Waals surface area contributed by atoms with Crippen LogP contribution in [0.5, 0.6) is 0 Å². The average Bonchev–Trinajstić information content (AvgIpc) is 2.88. The van der Waals surface area contributed by atoms with Gasteiger partial charge in [0.15, 0.2) is 5.78 Å². The molecule has 1 atom stereocenters. The number of rotatable bonds is 9. The van der Waals surface area contributed by atoms with Gasteiger partial charge in [-0.3, -0.25) is 9.59 Å². The monoisotopic (exact) mass is 366 g/mol. The van der Waals surface area contributed by atoms with E-state index >= 15 is 0 Å². The molecule has 7 nitrogen and oxygen atoms in total. The fourth-order valence-corrected chi connectivity index (χ4v) is 2.89. The molecular weight excluding hydrogens is 336 g/mol. The number of aryl methyl sites for hydroxylation is 1. The van der Waals surface area contributed by atoms with Crippen LogP contribution in [0.2, 0.25) is 0 Å². The van der Waals surface area contributed by atoms with Gasteiger partial charge in [0.25, 0.3) is 0 Å². The first-order valence-electron chi connectivity index (χ1n) is 8.87. The first-order valence-corrected chi connectivity index (χ1v) is 8.87. The molecule has 0 radical (unpaired) electrons. The molecular formula is C19H30N2O5. The summed E-state index contributed by atoms with van der Waals surface area (Å²) >= 11 is 0. The first-order chi connectivity index (χ1) is 12.2. The molecule has 1 amide bonds. The van der Waals surface area contributed by atoms with Gasteiger partial charge in [0.1, 0.15) is 5.69 Å². The van der Waals surface area contributed by atoms with E-state index in [0.29, 0.717) is 30.0 Å². The molecule has 146 valence electrons. The lowest BCUT2D eigenvalue weighted by molar-refractivity contribution is -0.136. The highest BCUT2D eigenvalue weighted by molar-refractivity contribution is 6.06. The molecule has 1 rings (SSSR count). The highest BCUT2D eigenvalue weighted by Gasteiger charge is 2.31. The van der Waals surface area contributed by atoms with Crippen molar-refractivity contribution in [3.05, 3.63) is 22.5 Å². The number of nitrogens with zero attached hydrogens (tertiary/aromatic N) is 1. The van der Waals surface area contributed by atoms with Crippen molar-refractivity contribution in [1.29, 1.82) is 0 Å². The molecule has 1 aromatic heterocycles. The molecule has 0 aliphatic heterocycles. The molecule has 0 spiro atoms. The number of hydrogen-bond acceptors (Lipinski definition) is 5. The van der Waals surface area contributed by atoms with Crippen LogP contribution in [0.25, 0.3) is 0 Å². The smallest absolute Gasteiger partial charge is 0.355 e. The maximum atomic E-state index is 13.1. The Balaban J connectivity index is 3.20. The predicted octanol–water partition coefficient (Wildman–Crippen LogP) is 2.51. The van der Waals surface area contributed by atoms with E-state index in [0.717, 1.165) is 0 Å². The summed E-state index contributed by atoms with van der Waals surface area (Å²) in [6.45, 7) is 11.4. The molecule has 0 fully saturated rings. The van der Waals surface area contributed by atoms with Gasteiger partial charge in [-0.25, -0.2) is 4.79 Å². The van der Waals surface area contributed by atoms with E-state index in [-0.39, 0.29) is 29.9 Å². The second-order valence-corrected chi connectivity index (χ2v) is 6.56. The molecule has 1 N–H and O–H groups in total. The number of carbonyl (C=O) groups is 3. The number of amides is 1. The Morgan fingerprint density at radius 2 is 1.77 bits per heavy atom. The van der Waals surface area contributed by atoms with E-state index in [9.17, 15) is 14.4 Å². The van der Waals surface area contributed by atoms with E-state index < -0.39 is 12.0 Å². The van der Waals surface area contributed by atoms with E-state index in [4.69, 9.17) is 9.47 Å². The number of H-pyrrole nitrogens is 1. The quantitative estimate of drug-likeness (QED) is 0.536. The van der Waals surface area contributed by atoms with Crippen molar-refractivity contribution < 1.29 is 23.9 Å². The minimum atomic E-state index is -0.664. The molecule has 1 unspecified atom stereocenters. The number of esters is 1. The van der Waals surface area contributed by atoms with Crippen molar-refractivity contribution in [3.8, 4) is 0 Å². The molecule has 0 aliphatic carbocycles. The summed E-state index contributed by atoms with van der Waals surface area (Å²) in [5, 5.41) is 0. The Morgan fingerprint density at radius 3 is 2.27 bits per heavy atom. The van der Waals surface area contributed by atoms with Crippen LogP contribution in [0.15, 0.2) is 0 Å². The minimum Gasteiger partial charge on any atom is -0.461 e. The Bertz CT molecular complexity index is 663. The molecule has 0 saturated carbocycles. The summed E-state index contributed by atoms with van der Waals surface area (Å²) in [5.41, 5.74) is 1.84. The van der Waals surface area contributed by atoms with Gasteiger partial charge in [-0.15, -0.1) is 0 Å². The van der Waals surface area contributed by atoms with Gasteiger partial charge in [-0.05, 0) is 33.3 Å². The summed E-state index contributed by atoms with van der Waals surface area (Å²) in [7, 11) is 1.55. The van der Waals surface area contributed by atoms with Gasteiger partial charge in [0, 0.05) is 30.8 Å². The third-order valence-corrected chi connectivity index (χ3v) is 4.32. The van der Waals surface area contributed by atoms with Gasteiger partial charge < -0.3 is 19.4 Å². The number of ether oxygens (including phenoxy) is 2. The summed E-state index contributed by atoms with van der Waals surface area (Å²) in [4.78, 5) is 42.2. The third-order valence-electron chi connectivity index (χ3n) is 4.32. The van der Waals surface area contributed by atoms with Crippen molar-refractivity contribution in [2.24, 2.45) is 5.92 Å². The van der Waals surface area contributed by atoms with Gasteiger partial charge in [-0.2, -0.15) is 0 Å². The number of methoxy groups -OCH3 is 1. The van der Waals surface area contributed by atoms with Crippen LogP contribution in [0, 0.1) is 19.8 Å². The second kappa shape index (κ2) is 9.52. The zero-order chi connectivity index (χ0) is 20.0. The number of hydrogen-bond donors (Lipinski definition) is 1. The summed E-state index contributed by atoms with van der Waals surface area (Å²) in [5.74, 6) is -1.05. The van der Waals surface area contributed by atoms with Gasteiger partial charge >= 0.3 is 5.97 Å². The summed E-state index contributed by atoms with van der Waals surface area (Å²) in [6.07, 6.45) is 0. The fourth-order valence-electron chi connectivity index (χ4n) is 2.89. The standard InChI is InChI=1S/C19H30N2O5/c1-8-26-19(24)16-12(4)15(13(5)20-16)17(22)14(6)21(9-10-25-7)18(23)11(2)3/h11,14,20H,8-10H2,1-7H3. The highest BCUT2D eigenvalue weighted by atomic mass is 16.5. The van der Waals surface area contributed by atoms with Crippen molar-refractivity contribution in [2.45, 2.75) is 47.6 Å². The van der Waals surface area contributed by atoms with Crippen molar-refractivity contribution >= 4 is 17.7 Å². The van der Waals surface area contributed by atoms with Gasteiger partial charge in [0.2, 0.25) is 5.91 Å². The van der Waals surface area contributed by atoms with Crippen LogP contribution < -0.4 is 0 Å². The number of carbonyl (C=O) groups excluding carboxylic acids is 3. The van der Waals surface area contributed by atoms with Crippen molar-refractivity contribution in [3.63, 3.8) is 0 Å². The topological polar surface area (TPSA) is 88.7 Å². The number of aromatic nitrogens is 1. The number of aromatic amines is 1. The normalized spacial score (nSPS) is 12.2. The summed E-state index contributed by atoms with van der Waals surface area (Å²) in [6, 6.07) is -0.664. The largest absolute Gasteiger partial charge is 0.461 e. The molecule has 7 heteroatoms. The Morgan fingerprint density at radius 1 is 1.15 bits per heavy atom. The zero-order valence-electron chi connectivity index (χ0n) is 16.8. The van der Waals surface area contributed by atoms with Crippen LogP contribution in [0.3, 0.4) is 0 Å². The minimum absolute atomic E-state index is 0.112. The van der Waals surface area contributed by atoms with Crippen LogP contribution in [0.4, 0.5) is 0 Å². The average molecular weight is 366 g/mol. The SMILES string of the molecule is CCOC(=O)c1[nH]c(C)c(C(=O)C(C)N(CCOC)C(=O)C(C)C)c1C. The molecule has 26 heavy (non-hydrogen) atoms. The van der Waals surface area contributed by atoms with Crippen molar-refractivity contribution in [1.82, 2.24) is 9.88 Å². The van der Waals surface area contributed by atoms with E-state index in [1.165, 1.54) is 4.90 Å². The fraction of sp³-hybridized carbons (Fsp3) is 0.632. The van der Waals surface area contributed by atoms with Crippen LogP contribution in [0.1, 0.15) is 59.8 Å². The first kappa shape index (κ1) is 21.9. The van der Waals surface area contributed by atoms with E-state index in [1.807, 2.05) is 0 Å². The lowest BCUT2D eigenvalue weighted by atomic mass is 9.99. The Labute approximate surface area is 155 Å². The third kappa shape index (κ3) is 4.72. The van der Waals surface area contributed by atoms with Crippen molar-refractivity contribution in [2.75, 3.05) is 26.9 Å². The molecule has 1 heterocycles. The molecule has 0 saturated heterocycles. The van der Waals surface area contributed by atoms with Gasteiger partial charge in [-0.1, -0.05) is 13.8 Å². The maximum Gasteiger partial charge on any atom is 0.355 e. The Hall–Kier alpha value is -2.15. The molecule has 0 aromatic carbocycles. The van der Waals surface area contributed by atoms with E-state index in [2.05, 4.69) is 4.98 Å². The maximum absolute atomic E-state index is 13.1. The second-order valence-electron chi connectivity index (χ2n) is 6.56. The van der Waals surface area contributed by atoms with E-state index in [1.54, 1.807) is 48.7 Å². The van der Waals surface area contributed by atoms with Crippen LogP contribution in [-0.4, -0.2) is 60.5 Å². The lowest BCUT2D eigenvalue weighted by Gasteiger charge is -2.30. The highest BCUT2D eigenvalue weighted by Crippen LogP contribution is 2.22.